The van der Waals surface area contributed by atoms with Crippen LogP contribution in [-0.2, 0) is 15.8 Å². The Kier molecular flexibility index (Phi) is 4.85. The van der Waals surface area contributed by atoms with Crippen molar-refractivity contribution in [3.63, 3.8) is 0 Å². The first-order valence-electron chi connectivity index (χ1n) is 8.95. The summed E-state index contributed by atoms with van der Waals surface area (Å²) >= 11 is 6.03. The molecule has 4 rings (SSSR count). The molecule has 29 heavy (non-hydrogen) atoms. The van der Waals surface area contributed by atoms with Gasteiger partial charge in [-0.3, -0.25) is 14.5 Å². The predicted molar refractivity (Wildman–Crippen MR) is 102 cm³/mol. The van der Waals surface area contributed by atoms with Gasteiger partial charge in [-0.15, -0.1) is 0 Å². The van der Waals surface area contributed by atoms with Gasteiger partial charge < -0.3 is 10.2 Å². The molecule has 1 aromatic carbocycles. The van der Waals surface area contributed by atoms with Crippen LogP contribution in [0.2, 0.25) is 5.02 Å². The lowest BCUT2D eigenvalue weighted by atomic mass is 10.1. The molecular formula is C19H16ClF3N4O2. The topological polar surface area (TPSA) is 65.5 Å². The number of fused-ring (bicyclic) bond motifs is 3. The Morgan fingerprint density at radius 1 is 1.31 bits per heavy atom. The number of pyridine rings is 1. The Hall–Kier alpha value is -2.81. The molecule has 0 spiro atoms. The summed E-state index contributed by atoms with van der Waals surface area (Å²) in [5, 5.41) is 2.74. The van der Waals surface area contributed by atoms with Gasteiger partial charge in [-0.25, -0.2) is 4.98 Å². The van der Waals surface area contributed by atoms with E-state index in [0.717, 1.165) is 18.6 Å². The van der Waals surface area contributed by atoms with E-state index in [1.807, 2.05) is 4.90 Å². The summed E-state index contributed by atoms with van der Waals surface area (Å²) in [6.07, 6.45) is -1.57. The molecule has 2 aliphatic rings. The molecule has 0 unspecified atom stereocenters. The van der Waals surface area contributed by atoms with Crippen molar-refractivity contribution in [3.8, 4) is 0 Å². The standard InChI is InChI=1S/C19H16ClF3N4O2/c20-12-8-15-17(24-9-12)26-6-2-5-14(26)18(29)27(15)10-16(28)25-13-4-1-3-11(7-13)19(21,22)23/h1,3-4,7-9,14H,2,5-6,10H2,(H,25,28)/t14-/m0/s1. The van der Waals surface area contributed by atoms with Crippen LogP contribution in [0.1, 0.15) is 18.4 Å². The van der Waals surface area contributed by atoms with Crippen LogP contribution in [0.4, 0.5) is 30.4 Å². The smallest absolute Gasteiger partial charge is 0.343 e. The highest BCUT2D eigenvalue weighted by molar-refractivity contribution is 6.31. The maximum absolute atomic E-state index is 12.9. The molecule has 10 heteroatoms. The molecule has 0 saturated carbocycles. The van der Waals surface area contributed by atoms with E-state index in [4.69, 9.17) is 11.6 Å². The Morgan fingerprint density at radius 3 is 2.86 bits per heavy atom. The zero-order chi connectivity index (χ0) is 20.8. The van der Waals surface area contributed by atoms with Gasteiger partial charge >= 0.3 is 6.18 Å². The number of hydrogen-bond acceptors (Lipinski definition) is 4. The van der Waals surface area contributed by atoms with Gasteiger partial charge in [0.05, 0.1) is 16.3 Å². The van der Waals surface area contributed by atoms with E-state index in [0.29, 0.717) is 29.5 Å². The molecule has 3 heterocycles. The van der Waals surface area contributed by atoms with Gasteiger partial charge in [0.15, 0.2) is 5.82 Å². The first-order valence-corrected chi connectivity index (χ1v) is 9.32. The number of carbonyl (C=O) groups excluding carboxylic acids is 2. The van der Waals surface area contributed by atoms with E-state index in [-0.39, 0.29) is 18.1 Å². The van der Waals surface area contributed by atoms with Crippen LogP contribution in [0.25, 0.3) is 0 Å². The fraction of sp³-hybridized carbons (Fsp3) is 0.316. The van der Waals surface area contributed by atoms with Crippen molar-refractivity contribution in [1.29, 1.82) is 0 Å². The number of hydrogen-bond donors (Lipinski definition) is 1. The minimum absolute atomic E-state index is 0.00113. The van der Waals surface area contributed by atoms with Gasteiger partial charge in [0.2, 0.25) is 11.8 Å². The molecule has 2 aliphatic heterocycles. The van der Waals surface area contributed by atoms with E-state index in [2.05, 4.69) is 10.3 Å². The quantitative estimate of drug-likeness (QED) is 0.815. The molecule has 0 radical (unpaired) electrons. The van der Waals surface area contributed by atoms with Gasteiger partial charge in [0, 0.05) is 18.4 Å². The number of alkyl halides is 3. The number of anilines is 3. The predicted octanol–water partition coefficient (Wildman–Crippen LogP) is 3.71. The van der Waals surface area contributed by atoms with Crippen LogP contribution in [0.3, 0.4) is 0 Å². The zero-order valence-electron chi connectivity index (χ0n) is 15.0. The summed E-state index contributed by atoms with van der Waals surface area (Å²) in [5.74, 6) is -0.295. The molecule has 1 aromatic heterocycles. The Morgan fingerprint density at radius 2 is 2.10 bits per heavy atom. The molecule has 1 saturated heterocycles. The SMILES string of the molecule is O=C(CN1C(=O)[C@@H]2CCCN2c2ncc(Cl)cc21)Nc1cccc(C(F)(F)F)c1. The summed E-state index contributed by atoms with van der Waals surface area (Å²) < 4.78 is 38.6. The van der Waals surface area contributed by atoms with Gasteiger partial charge in [-0.1, -0.05) is 17.7 Å². The maximum Gasteiger partial charge on any atom is 0.416 e. The highest BCUT2D eigenvalue weighted by Gasteiger charge is 2.42. The molecule has 1 atom stereocenters. The van der Waals surface area contributed by atoms with E-state index < -0.39 is 23.7 Å². The van der Waals surface area contributed by atoms with Crippen molar-refractivity contribution >= 4 is 40.6 Å². The van der Waals surface area contributed by atoms with Crippen molar-refractivity contribution < 1.29 is 22.8 Å². The third-order valence-electron chi connectivity index (χ3n) is 4.96. The number of carbonyl (C=O) groups is 2. The lowest BCUT2D eigenvalue weighted by molar-refractivity contribution is -0.137. The molecule has 152 valence electrons. The first-order chi connectivity index (χ1) is 13.7. The lowest BCUT2D eigenvalue weighted by Gasteiger charge is -2.38. The number of halogens is 4. The van der Waals surface area contributed by atoms with Crippen LogP contribution >= 0.6 is 11.6 Å². The maximum atomic E-state index is 12.9. The molecular weight excluding hydrogens is 409 g/mol. The van der Waals surface area contributed by atoms with E-state index in [1.54, 1.807) is 6.07 Å². The Balaban J connectivity index is 1.57. The highest BCUT2D eigenvalue weighted by Crippen LogP contribution is 2.39. The molecule has 2 aromatic rings. The number of aromatic nitrogens is 1. The largest absolute Gasteiger partial charge is 0.416 e. The van der Waals surface area contributed by atoms with E-state index >= 15 is 0 Å². The van der Waals surface area contributed by atoms with E-state index in [9.17, 15) is 22.8 Å². The molecule has 0 aliphatic carbocycles. The Bertz CT molecular complexity index is 982. The number of benzene rings is 1. The highest BCUT2D eigenvalue weighted by atomic mass is 35.5. The van der Waals surface area contributed by atoms with Crippen LogP contribution in [-0.4, -0.2) is 35.9 Å². The normalized spacial score (nSPS) is 18.5. The van der Waals surface area contributed by atoms with Gasteiger partial charge in [-0.2, -0.15) is 13.2 Å². The van der Waals surface area contributed by atoms with Crippen LogP contribution in [0, 0.1) is 0 Å². The van der Waals surface area contributed by atoms with Gasteiger partial charge in [0.1, 0.15) is 12.6 Å². The first kappa shape index (κ1) is 19.5. The number of nitrogens with one attached hydrogen (secondary N) is 1. The second-order valence-corrected chi connectivity index (χ2v) is 7.34. The second kappa shape index (κ2) is 7.22. The number of nitrogens with zero attached hydrogens (tertiary/aromatic N) is 3. The summed E-state index contributed by atoms with van der Waals surface area (Å²) in [6, 6.07) is 5.49. The summed E-state index contributed by atoms with van der Waals surface area (Å²) in [4.78, 5) is 33.0. The molecule has 1 N–H and O–H groups in total. The van der Waals surface area contributed by atoms with Crippen molar-refractivity contribution in [2.24, 2.45) is 0 Å². The van der Waals surface area contributed by atoms with Crippen molar-refractivity contribution in [1.82, 2.24) is 4.98 Å². The number of rotatable bonds is 3. The van der Waals surface area contributed by atoms with Crippen molar-refractivity contribution in [2.45, 2.75) is 25.1 Å². The van der Waals surface area contributed by atoms with Crippen molar-refractivity contribution in [3.05, 3.63) is 47.1 Å². The van der Waals surface area contributed by atoms with Crippen molar-refractivity contribution in [2.75, 3.05) is 28.2 Å². The second-order valence-electron chi connectivity index (χ2n) is 6.90. The third-order valence-corrected chi connectivity index (χ3v) is 5.16. The average molecular weight is 425 g/mol. The molecule has 1 fully saturated rings. The zero-order valence-corrected chi connectivity index (χ0v) is 15.8. The van der Waals surface area contributed by atoms with Crippen LogP contribution in [0.15, 0.2) is 36.5 Å². The van der Waals surface area contributed by atoms with Gasteiger partial charge in [-0.05, 0) is 37.1 Å². The average Bonchev–Trinajstić information content (AvgIpc) is 3.14. The summed E-state index contributed by atoms with van der Waals surface area (Å²) in [7, 11) is 0. The fourth-order valence-corrected chi connectivity index (χ4v) is 3.85. The minimum atomic E-state index is -4.52. The molecule has 6 nitrogen and oxygen atoms in total. The minimum Gasteiger partial charge on any atom is -0.343 e. The van der Waals surface area contributed by atoms with E-state index in [1.165, 1.54) is 23.2 Å². The fourth-order valence-electron chi connectivity index (χ4n) is 3.70. The van der Waals surface area contributed by atoms with Gasteiger partial charge in [0.25, 0.3) is 0 Å². The molecule has 2 amide bonds. The van der Waals surface area contributed by atoms with Crippen LogP contribution in [0.5, 0.6) is 0 Å². The van der Waals surface area contributed by atoms with Crippen LogP contribution < -0.4 is 15.1 Å². The third kappa shape index (κ3) is 3.74. The Labute approximate surface area is 169 Å². The number of amides is 2. The lowest BCUT2D eigenvalue weighted by Crippen LogP contribution is -2.53. The monoisotopic (exact) mass is 424 g/mol. The molecule has 0 bridgehead atoms. The summed E-state index contributed by atoms with van der Waals surface area (Å²) in [6.45, 7) is 0.330. The summed E-state index contributed by atoms with van der Waals surface area (Å²) in [5.41, 5.74) is -0.451.